The molecule has 0 bridgehead atoms. The topological polar surface area (TPSA) is 39.7 Å². The first kappa shape index (κ1) is 23.3. The Morgan fingerprint density at radius 3 is 2.48 bits per heavy atom. The molecule has 1 fully saturated rings. The van der Waals surface area contributed by atoms with E-state index in [1.165, 1.54) is 25.7 Å². The monoisotopic (exact) mass is 456 g/mol. The SMILES string of the molecule is CCNC(=NCC(CC(C)C)N(C)C)NC1CCC(SC)C1.I. The smallest absolute Gasteiger partial charge is 0.191 e. The summed E-state index contributed by atoms with van der Waals surface area (Å²) in [4.78, 5) is 7.15. The zero-order valence-corrected chi connectivity index (χ0v) is 18.9. The van der Waals surface area contributed by atoms with E-state index in [1.807, 2.05) is 11.8 Å². The number of nitrogens with zero attached hydrogens (tertiary/aromatic N) is 2. The summed E-state index contributed by atoms with van der Waals surface area (Å²) in [7, 11) is 4.31. The van der Waals surface area contributed by atoms with Gasteiger partial charge in [0.05, 0.1) is 6.54 Å². The highest BCUT2D eigenvalue weighted by Gasteiger charge is 2.24. The van der Waals surface area contributed by atoms with Crippen molar-refractivity contribution in [2.45, 2.75) is 63.8 Å². The molecule has 1 aliphatic carbocycles. The Labute approximate surface area is 165 Å². The summed E-state index contributed by atoms with van der Waals surface area (Å²) < 4.78 is 0. The second-order valence-corrected chi connectivity index (χ2v) is 8.12. The second-order valence-electron chi connectivity index (χ2n) is 6.98. The van der Waals surface area contributed by atoms with Gasteiger partial charge in [-0.3, -0.25) is 4.99 Å². The van der Waals surface area contributed by atoms with Crippen LogP contribution in [0, 0.1) is 5.92 Å². The van der Waals surface area contributed by atoms with Gasteiger partial charge in [-0.1, -0.05) is 13.8 Å². The number of aliphatic imine (C=N–C) groups is 1. The summed E-state index contributed by atoms with van der Waals surface area (Å²) >= 11 is 2.00. The maximum atomic E-state index is 4.85. The predicted molar refractivity (Wildman–Crippen MR) is 116 cm³/mol. The van der Waals surface area contributed by atoms with Crippen molar-refractivity contribution < 1.29 is 0 Å². The van der Waals surface area contributed by atoms with Crippen molar-refractivity contribution in [3.05, 3.63) is 0 Å². The van der Waals surface area contributed by atoms with Gasteiger partial charge in [-0.05, 0) is 58.9 Å². The van der Waals surface area contributed by atoms with Crippen molar-refractivity contribution >= 4 is 41.7 Å². The molecule has 0 aliphatic heterocycles. The first-order valence-corrected chi connectivity index (χ1v) is 9.99. The molecule has 0 heterocycles. The number of hydrogen-bond acceptors (Lipinski definition) is 3. The van der Waals surface area contributed by atoms with E-state index < -0.39 is 0 Å². The molecule has 138 valence electrons. The van der Waals surface area contributed by atoms with Crippen LogP contribution in [0.1, 0.15) is 46.5 Å². The number of hydrogen-bond donors (Lipinski definition) is 2. The zero-order valence-electron chi connectivity index (χ0n) is 15.8. The fourth-order valence-corrected chi connectivity index (χ4v) is 3.78. The Morgan fingerprint density at radius 1 is 1.30 bits per heavy atom. The van der Waals surface area contributed by atoms with Crippen LogP contribution in [0.15, 0.2) is 4.99 Å². The molecule has 3 unspecified atom stereocenters. The molecular weight excluding hydrogens is 419 g/mol. The van der Waals surface area contributed by atoms with Crippen LogP contribution in [0.25, 0.3) is 0 Å². The van der Waals surface area contributed by atoms with Crippen LogP contribution in [0.2, 0.25) is 0 Å². The third-order valence-corrected chi connectivity index (χ3v) is 5.43. The summed E-state index contributed by atoms with van der Waals surface area (Å²) in [6.07, 6.45) is 7.26. The number of thioether (sulfide) groups is 1. The van der Waals surface area contributed by atoms with Gasteiger partial charge in [0, 0.05) is 23.9 Å². The Bertz CT molecular complexity index is 337. The summed E-state index contributed by atoms with van der Waals surface area (Å²) in [6, 6.07) is 1.09. The van der Waals surface area contributed by atoms with Gasteiger partial charge >= 0.3 is 0 Å². The average Bonchev–Trinajstić information content (AvgIpc) is 2.90. The van der Waals surface area contributed by atoms with Gasteiger partial charge in [0.1, 0.15) is 0 Å². The Balaban J connectivity index is 0.00000484. The molecule has 3 atom stereocenters. The quantitative estimate of drug-likeness (QED) is 0.334. The lowest BCUT2D eigenvalue weighted by atomic mass is 10.0. The van der Waals surface area contributed by atoms with Crippen LogP contribution in [-0.2, 0) is 0 Å². The van der Waals surface area contributed by atoms with Crippen molar-refractivity contribution in [1.29, 1.82) is 0 Å². The third kappa shape index (κ3) is 9.39. The highest BCUT2D eigenvalue weighted by Crippen LogP contribution is 2.28. The standard InChI is InChI=1S/C17H36N4S.HI/c1-7-18-17(20-14-8-9-16(11-14)22-6)19-12-15(21(4)5)10-13(2)3;/h13-16H,7-12H2,1-6H3,(H2,18,19,20);1H. The third-order valence-electron chi connectivity index (χ3n) is 4.34. The van der Waals surface area contributed by atoms with Crippen LogP contribution in [0.4, 0.5) is 0 Å². The first-order valence-electron chi connectivity index (χ1n) is 8.70. The lowest BCUT2D eigenvalue weighted by Gasteiger charge is -2.25. The van der Waals surface area contributed by atoms with Crippen molar-refractivity contribution in [2.75, 3.05) is 33.4 Å². The number of halogens is 1. The van der Waals surface area contributed by atoms with E-state index in [-0.39, 0.29) is 24.0 Å². The zero-order chi connectivity index (χ0) is 16.5. The number of likely N-dealkylation sites (N-methyl/N-ethyl adjacent to an activating group) is 1. The highest BCUT2D eigenvalue weighted by atomic mass is 127. The minimum Gasteiger partial charge on any atom is -0.357 e. The molecule has 1 rings (SSSR count). The fraction of sp³-hybridized carbons (Fsp3) is 0.941. The summed E-state index contributed by atoms with van der Waals surface area (Å²) in [5, 5.41) is 7.85. The molecular formula is C17H37IN4S. The maximum absolute atomic E-state index is 4.85. The van der Waals surface area contributed by atoms with Crippen molar-refractivity contribution in [3.63, 3.8) is 0 Å². The molecule has 0 saturated heterocycles. The fourth-order valence-electron chi connectivity index (χ4n) is 2.99. The van der Waals surface area contributed by atoms with E-state index in [4.69, 9.17) is 4.99 Å². The average molecular weight is 456 g/mol. The van der Waals surface area contributed by atoms with Gasteiger partial charge in [0.2, 0.25) is 0 Å². The van der Waals surface area contributed by atoms with E-state index >= 15 is 0 Å². The molecule has 0 aromatic carbocycles. The van der Waals surface area contributed by atoms with Gasteiger partial charge < -0.3 is 15.5 Å². The van der Waals surface area contributed by atoms with Crippen LogP contribution in [0.5, 0.6) is 0 Å². The normalized spacial score (nSPS) is 23.0. The van der Waals surface area contributed by atoms with Gasteiger partial charge in [0.25, 0.3) is 0 Å². The lowest BCUT2D eigenvalue weighted by molar-refractivity contribution is 0.261. The molecule has 6 heteroatoms. The first-order chi connectivity index (χ1) is 10.5. The van der Waals surface area contributed by atoms with Crippen LogP contribution >= 0.6 is 35.7 Å². The van der Waals surface area contributed by atoms with E-state index in [0.29, 0.717) is 18.0 Å². The molecule has 1 saturated carbocycles. The molecule has 4 nitrogen and oxygen atoms in total. The minimum absolute atomic E-state index is 0. The number of nitrogens with one attached hydrogen (secondary N) is 2. The molecule has 0 radical (unpaired) electrons. The Morgan fingerprint density at radius 2 is 2.00 bits per heavy atom. The van der Waals surface area contributed by atoms with Crippen LogP contribution in [-0.4, -0.2) is 61.6 Å². The van der Waals surface area contributed by atoms with E-state index in [2.05, 4.69) is 56.7 Å². The molecule has 0 aromatic heterocycles. The summed E-state index contributed by atoms with van der Waals surface area (Å²) in [5.74, 6) is 1.69. The molecule has 0 spiro atoms. The largest absolute Gasteiger partial charge is 0.357 e. The van der Waals surface area contributed by atoms with E-state index in [1.54, 1.807) is 0 Å². The molecule has 2 N–H and O–H groups in total. The molecule has 23 heavy (non-hydrogen) atoms. The van der Waals surface area contributed by atoms with Gasteiger partial charge in [0.15, 0.2) is 5.96 Å². The second kappa shape index (κ2) is 12.6. The molecule has 0 aromatic rings. The van der Waals surface area contributed by atoms with E-state index in [0.717, 1.165) is 24.3 Å². The van der Waals surface area contributed by atoms with E-state index in [9.17, 15) is 0 Å². The predicted octanol–water partition coefficient (Wildman–Crippen LogP) is 3.42. The van der Waals surface area contributed by atoms with Gasteiger partial charge in [-0.15, -0.1) is 24.0 Å². The van der Waals surface area contributed by atoms with Crippen molar-refractivity contribution in [2.24, 2.45) is 10.9 Å². The Kier molecular flexibility index (Phi) is 12.8. The minimum atomic E-state index is 0. The summed E-state index contributed by atoms with van der Waals surface area (Å²) in [5.41, 5.74) is 0. The Hall–Kier alpha value is 0.310. The van der Waals surface area contributed by atoms with Crippen molar-refractivity contribution in [3.8, 4) is 0 Å². The van der Waals surface area contributed by atoms with Gasteiger partial charge in [-0.25, -0.2) is 0 Å². The van der Waals surface area contributed by atoms with Crippen LogP contribution < -0.4 is 10.6 Å². The van der Waals surface area contributed by atoms with Gasteiger partial charge in [-0.2, -0.15) is 11.8 Å². The molecule has 0 amide bonds. The van der Waals surface area contributed by atoms with Crippen molar-refractivity contribution in [1.82, 2.24) is 15.5 Å². The maximum Gasteiger partial charge on any atom is 0.191 e. The number of guanidine groups is 1. The highest BCUT2D eigenvalue weighted by molar-refractivity contribution is 14.0. The summed E-state index contributed by atoms with van der Waals surface area (Å²) in [6.45, 7) is 8.48. The number of rotatable bonds is 8. The van der Waals surface area contributed by atoms with Crippen LogP contribution in [0.3, 0.4) is 0 Å². The molecule has 1 aliphatic rings. The lowest BCUT2D eigenvalue weighted by Crippen LogP contribution is -2.43.